The monoisotopic (exact) mass is 398 g/mol. The predicted molar refractivity (Wildman–Crippen MR) is 116 cm³/mol. The number of hydrogen-bond donors (Lipinski definition) is 1. The third-order valence-corrected chi connectivity index (χ3v) is 5.48. The maximum absolute atomic E-state index is 12.9. The van der Waals surface area contributed by atoms with Crippen LogP contribution in [-0.4, -0.2) is 44.8 Å². The smallest absolute Gasteiger partial charge is 0.252 e. The Hall–Kier alpha value is -3.74. The molecular formula is C23H22N6O. The van der Waals surface area contributed by atoms with E-state index >= 15 is 0 Å². The van der Waals surface area contributed by atoms with E-state index in [1.807, 2.05) is 61.8 Å². The van der Waals surface area contributed by atoms with Gasteiger partial charge in [0.05, 0.1) is 11.9 Å². The Labute approximate surface area is 174 Å². The zero-order chi connectivity index (χ0) is 20.5. The van der Waals surface area contributed by atoms with Crippen molar-refractivity contribution < 1.29 is 4.79 Å². The molecule has 1 aliphatic rings. The average Bonchev–Trinajstić information content (AvgIpc) is 3.42. The highest BCUT2D eigenvalue weighted by molar-refractivity contribution is 6.07. The number of nitrogens with one attached hydrogen (secondary N) is 1. The lowest BCUT2D eigenvalue weighted by molar-refractivity contribution is 0.0942. The third kappa shape index (κ3) is 3.50. The van der Waals surface area contributed by atoms with Crippen molar-refractivity contribution >= 4 is 22.6 Å². The highest BCUT2D eigenvalue weighted by atomic mass is 16.1. The number of nitrogens with zero attached hydrogens (tertiary/aromatic N) is 5. The summed E-state index contributed by atoms with van der Waals surface area (Å²) in [5, 5.41) is 9.44. The summed E-state index contributed by atoms with van der Waals surface area (Å²) < 4.78 is 1.76. The van der Waals surface area contributed by atoms with Gasteiger partial charge in [-0.3, -0.25) is 9.48 Å². The lowest BCUT2D eigenvalue weighted by atomic mass is 10.0. The van der Waals surface area contributed by atoms with Crippen LogP contribution < -0.4 is 10.2 Å². The minimum absolute atomic E-state index is 0.0383. The van der Waals surface area contributed by atoms with Gasteiger partial charge in [-0.05, 0) is 29.3 Å². The zero-order valence-electron chi connectivity index (χ0n) is 16.7. The Kier molecular flexibility index (Phi) is 4.63. The zero-order valence-corrected chi connectivity index (χ0v) is 16.7. The maximum Gasteiger partial charge on any atom is 0.252 e. The SMILES string of the molecule is Cn1cc(-c2ccnc(N3CCC(NC(=O)c4cccc5ccccc45)C3)n2)cn1. The van der Waals surface area contributed by atoms with E-state index in [0.29, 0.717) is 18.1 Å². The fourth-order valence-electron chi connectivity index (χ4n) is 3.96. The Morgan fingerprint density at radius 3 is 2.87 bits per heavy atom. The quantitative estimate of drug-likeness (QED) is 0.572. The molecule has 1 N–H and O–H groups in total. The van der Waals surface area contributed by atoms with Crippen molar-refractivity contribution in [3.63, 3.8) is 0 Å². The number of amides is 1. The van der Waals surface area contributed by atoms with Crippen molar-refractivity contribution in [3.8, 4) is 11.3 Å². The van der Waals surface area contributed by atoms with E-state index in [1.165, 1.54) is 0 Å². The molecule has 2 aromatic heterocycles. The molecule has 7 nitrogen and oxygen atoms in total. The van der Waals surface area contributed by atoms with Gasteiger partial charge >= 0.3 is 0 Å². The van der Waals surface area contributed by atoms with Crippen LogP contribution in [0.1, 0.15) is 16.8 Å². The highest BCUT2D eigenvalue weighted by Crippen LogP contribution is 2.22. The van der Waals surface area contributed by atoms with Gasteiger partial charge in [0.1, 0.15) is 0 Å². The summed E-state index contributed by atoms with van der Waals surface area (Å²) in [6.45, 7) is 1.49. The highest BCUT2D eigenvalue weighted by Gasteiger charge is 2.26. The number of anilines is 1. The normalized spacial score (nSPS) is 16.2. The molecule has 7 heteroatoms. The van der Waals surface area contributed by atoms with E-state index in [2.05, 4.69) is 20.3 Å². The standard InChI is InChI=1S/C23H22N6O/c1-28-14-17(13-25-28)21-9-11-24-23(27-21)29-12-10-18(15-29)26-22(30)20-8-4-6-16-5-2-3-7-19(16)20/h2-9,11,13-14,18H,10,12,15H2,1H3,(H,26,30). The molecule has 150 valence electrons. The molecular weight excluding hydrogens is 376 g/mol. The van der Waals surface area contributed by atoms with Gasteiger partial charge in [0.2, 0.25) is 5.95 Å². The van der Waals surface area contributed by atoms with Gasteiger partial charge in [0, 0.05) is 49.7 Å². The fraction of sp³-hybridized carbons (Fsp3) is 0.217. The number of hydrogen-bond acceptors (Lipinski definition) is 5. The summed E-state index contributed by atoms with van der Waals surface area (Å²) in [5.41, 5.74) is 2.51. The second kappa shape index (κ2) is 7.59. The first-order valence-electron chi connectivity index (χ1n) is 10.0. The van der Waals surface area contributed by atoms with Crippen molar-refractivity contribution in [3.05, 3.63) is 72.7 Å². The Morgan fingerprint density at radius 2 is 2.00 bits per heavy atom. The maximum atomic E-state index is 12.9. The lowest BCUT2D eigenvalue weighted by Gasteiger charge is -2.17. The molecule has 2 aromatic carbocycles. The minimum atomic E-state index is -0.0383. The first-order valence-corrected chi connectivity index (χ1v) is 10.0. The van der Waals surface area contributed by atoms with E-state index in [9.17, 15) is 4.79 Å². The van der Waals surface area contributed by atoms with Crippen LogP contribution in [0.15, 0.2) is 67.1 Å². The van der Waals surface area contributed by atoms with Crippen molar-refractivity contribution in [1.82, 2.24) is 25.1 Å². The first-order chi connectivity index (χ1) is 14.7. The molecule has 30 heavy (non-hydrogen) atoms. The molecule has 4 aromatic rings. The number of fused-ring (bicyclic) bond motifs is 1. The molecule has 1 amide bonds. The molecule has 1 unspecified atom stereocenters. The largest absolute Gasteiger partial charge is 0.347 e. The molecule has 1 fully saturated rings. The Balaban J connectivity index is 1.30. The van der Waals surface area contributed by atoms with Crippen molar-refractivity contribution in [2.24, 2.45) is 7.05 Å². The summed E-state index contributed by atoms with van der Waals surface area (Å²) >= 11 is 0. The lowest BCUT2D eigenvalue weighted by Crippen LogP contribution is -2.37. The van der Waals surface area contributed by atoms with E-state index in [4.69, 9.17) is 4.98 Å². The van der Waals surface area contributed by atoms with Gasteiger partial charge in [-0.25, -0.2) is 9.97 Å². The van der Waals surface area contributed by atoms with Gasteiger partial charge in [-0.1, -0.05) is 36.4 Å². The fourth-order valence-corrected chi connectivity index (χ4v) is 3.96. The summed E-state index contributed by atoms with van der Waals surface area (Å²) in [5.74, 6) is 0.641. The second-order valence-corrected chi connectivity index (χ2v) is 7.58. The van der Waals surface area contributed by atoms with Crippen molar-refractivity contribution in [2.75, 3.05) is 18.0 Å². The Morgan fingerprint density at radius 1 is 1.13 bits per heavy atom. The van der Waals surface area contributed by atoms with Crippen LogP contribution in [0.2, 0.25) is 0 Å². The average molecular weight is 398 g/mol. The van der Waals surface area contributed by atoms with Gasteiger partial charge in [0.15, 0.2) is 0 Å². The van der Waals surface area contributed by atoms with Gasteiger partial charge in [-0.2, -0.15) is 5.10 Å². The molecule has 1 atom stereocenters. The summed E-state index contributed by atoms with van der Waals surface area (Å²) in [6.07, 6.45) is 6.36. The van der Waals surface area contributed by atoms with Crippen molar-refractivity contribution in [2.45, 2.75) is 12.5 Å². The minimum Gasteiger partial charge on any atom is -0.347 e. The number of carbonyl (C=O) groups is 1. The van der Waals surface area contributed by atoms with Gasteiger partial charge < -0.3 is 10.2 Å². The molecule has 0 bridgehead atoms. The number of rotatable bonds is 4. The van der Waals surface area contributed by atoms with Gasteiger partial charge in [0.25, 0.3) is 5.91 Å². The van der Waals surface area contributed by atoms with E-state index < -0.39 is 0 Å². The van der Waals surface area contributed by atoms with Crippen LogP contribution in [0.5, 0.6) is 0 Å². The Bertz CT molecular complexity index is 1210. The predicted octanol–water partition coefficient (Wildman–Crippen LogP) is 3.04. The van der Waals surface area contributed by atoms with Crippen LogP contribution in [0, 0.1) is 0 Å². The van der Waals surface area contributed by atoms with E-state index in [0.717, 1.165) is 35.0 Å². The van der Waals surface area contributed by atoms with Gasteiger partial charge in [-0.15, -0.1) is 0 Å². The third-order valence-electron chi connectivity index (χ3n) is 5.48. The van der Waals surface area contributed by atoms with Crippen LogP contribution in [-0.2, 0) is 7.05 Å². The molecule has 1 aliphatic heterocycles. The molecule has 3 heterocycles. The second-order valence-electron chi connectivity index (χ2n) is 7.58. The molecule has 0 aliphatic carbocycles. The summed E-state index contributed by atoms with van der Waals surface area (Å²) in [4.78, 5) is 24.2. The van der Waals surface area contributed by atoms with E-state index in [1.54, 1.807) is 17.1 Å². The number of aryl methyl sites for hydroxylation is 1. The molecule has 1 saturated heterocycles. The summed E-state index contributed by atoms with van der Waals surface area (Å²) in [6, 6.07) is 15.7. The molecule has 5 rings (SSSR count). The number of aromatic nitrogens is 4. The van der Waals surface area contributed by atoms with Crippen LogP contribution in [0.4, 0.5) is 5.95 Å². The topological polar surface area (TPSA) is 75.9 Å². The van der Waals surface area contributed by atoms with Crippen LogP contribution in [0.25, 0.3) is 22.0 Å². The van der Waals surface area contributed by atoms with E-state index in [-0.39, 0.29) is 11.9 Å². The number of carbonyl (C=O) groups excluding carboxylic acids is 1. The number of benzene rings is 2. The molecule has 0 saturated carbocycles. The van der Waals surface area contributed by atoms with Crippen molar-refractivity contribution in [1.29, 1.82) is 0 Å². The van der Waals surface area contributed by atoms with Crippen LogP contribution in [0.3, 0.4) is 0 Å². The molecule has 0 radical (unpaired) electrons. The van der Waals surface area contributed by atoms with Crippen LogP contribution >= 0.6 is 0 Å². The first kappa shape index (κ1) is 18.3. The summed E-state index contributed by atoms with van der Waals surface area (Å²) in [7, 11) is 1.88. The molecule has 0 spiro atoms.